The fourth-order valence-electron chi connectivity index (χ4n) is 1.69. The third-order valence-corrected chi connectivity index (χ3v) is 2.50. The molecular weight excluding hydrogens is 240 g/mol. The number of ketones is 1. The first-order valence-corrected chi connectivity index (χ1v) is 5.34. The lowest BCUT2D eigenvalue weighted by Gasteiger charge is -2.05. The van der Waals surface area contributed by atoms with E-state index < -0.39 is 23.0 Å². The summed E-state index contributed by atoms with van der Waals surface area (Å²) in [6.07, 6.45) is 0. The predicted molar refractivity (Wildman–Crippen MR) is 60.2 cm³/mol. The van der Waals surface area contributed by atoms with E-state index in [-0.39, 0.29) is 6.54 Å². The number of halogens is 2. The third kappa shape index (κ3) is 2.27. The topological polar surface area (TPSA) is 47.8 Å². The number of Topliss-reactive ketones (excluding diaryl/α,β-unsaturated/α-hetero) is 1. The Labute approximate surface area is 102 Å². The lowest BCUT2D eigenvalue weighted by Crippen LogP contribution is -2.16. The van der Waals surface area contributed by atoms with Crippen molar-refractivity contribution in [2.45, 2.75) is 20.4 Å². The highest BCUT2D eigenvalue weighted by molar-refractivity contribution is 5.96. The highest BCUT2D eigenvalue weighted by atomic mass is 19.1. The van der Waals surface area contributed by atoms with E-state index in [0.29, 0.717) is 11.6 Å². The van der Waals surface area contributed by atoms with Gasteiger partial charge in [-0.25, -0.2) is 18.4 Å². The minimum atomic E-state index is -0.866. The summed E-state index contributed by atoms with van der Waals surface area (Å²) >= 11 is 0. The van der Waals surface area contributed by atoms with Gasteiger partial charge in [-0.2, -0.15) is 5.10 Å². The molecule has 1 heterocycles. The number of carbonyl (C=O) groups excluding carboxylic acids is 1. The van der Waals surface area contributed by atoms with Crippen molar-refractivity contribution in [3.05, 3.63) is 47.0 Å². The monoisotopic (exact) mass is 251 g/mol. The molecule has 0 unspecified atom stereocenters. The SMILES string of the molecule is Cc1nc(C)n(CC(=O)c2c(F)cccc2F)n1. The molecule has 1 aromatic carbocycles. The van der Waals surface area contributed by atoms with Crippen LogP contribution in [0.3, 0.4) is 0 Å². The van der Waals surface area contributed by atoms with Gasteiger partial charge in [0.1, 0.15) is 29.8 Å². The van der Waals surface area contributed by atoms with Gasteiger partial charge >= 0.3 is 0 Å². The van der Waals surface area contributed by atoms with Crippen molar-refractivity contribution in [2.75, 3.05) is 0 Å². The van der Waals surface area contributed by atoms with Crippen LogP contribution in [0.4, 0.5) is 8.78 Å². The van der Waals surface area contributed by atoms with Crippen LogP contribution in [-0.2, 0) is 6.54 Å². The van der Waals surface area contributed by atoms with Gasteiger partial charge in [-0.05, 0) is 26.0 Å². The molecule has 6 heteroatoms. The molecule has 0 fully saturated rings. The summed E-state index contributed by atoms with van der Waals surface area (Å²) in [7, 11) is 0. The fraction of sp³-hybridized carbons (Fsp3) is 0.250. The summed E-state index contributed by atoms with van der Waals surface area (Å²) in [5, 5.41) is 3.97. The second-order valence-electron chi connectivity index (χ2n) is 3.88. The molecule has 0 bridgehead atoms. The Morgan fingerprint density at radius 1 is 1.28 bits per heavy atom. The van der Waals surface area contributed by atoms with Crippen LogP contribution >= 0.6 is 0 Å². The molecule has 2 rings (SSSR count). The first-order valence-electron chi connectivity index (χ1n) is 5.34. The third-order valence-electron chi connectivity index (χ3n) is 2.50. The maximum absolute atomic E-state index is 13.4. The Kier molecular flexibility index (Phi) is 3.18. The second kappa shape index (κ2) is 4.64. The maximum atomic E-state index is 13.4. The number of nitrogens with zero attached hydrogens (tertiary/aromatic N) is 3. The number of aromatic nitrogens is 3. The smallest absolute Gasteiger partial charge is 0.190 e. The van der Waals surface area contributed by atoms with Gasteiger partial charge in [0.2, 0.25) is 0 Å². The van der Waals surface area contributed by atoms with E-state index in [1.807, 2.05) is 0 Å². The van der Waals surface area contributed by atoms with Crippen molar-refractivity contribution in [3.8, 4) is 0 Å². The summed E-state index contributed by atoms with van der Waals surface area (Å²) < 4.78 is 28.1. The lowest BCUT2D eigenvalue weighted by atomic mass is 10.1. The van der Waals surface area contributed by atoms with Gasteiger partial charge in [0.15, 0.2) is 5.78 Å². The Hall–Kier alpha value is -2.11. The van der Waals surface area contributed by atoms with Gasteiger partial charge in [0.05, 0.1) is 5.56 Å². The Morgan fingerprint density at radius 3 is 2.39 bits per heavy atom. The molecule has 94 valence electrons. The molecular formula is C12H11F2N3O. The molecule has 0 aliphatic heterocycles. The summed E-state index contributed by atoms with van der Waals surface area (Å²) in [6.45, 7) is 3.12. The molecule has 0 amide bonds. The normalized spacial score (nSPS) is 10.7. The largest absolute Gasteiger partial charge is 0.292 e. The zero-order valence-electron chi connectivity index (χ0n) is 9.94. The molecule has 0 atom stereocenters. The average molecular weight is 251 g/mol. The van der Waals surface area contributed by atoms with E-state index in [0.717, 1.165) is 12.1 Å². The molecule has 0 spiro atoms. The molecule has 1 aromatic heterocycles. The van der Waals surface area contributed by atoms with Crippen LogP contribution in [0.25, 0.3) is 0 Å². The quantitative estimate of drug-likeness (QED) is 0.784. The van der Waals surface area contributed by atoms with Crippen molar-refractivity contribution in [2.24, 2.45) is 0 Å². The Morgan fingerprint density at radius 2 is 1.89 bits per heavy atom. The molecule has 0 aliphatic carbocycles. The van der Waals surface area contributed by atoms with Gasteiger partial charge in [-0.1, -0.05) is 6.07 Å². The van der Waals surface area contributed by atoms with Crippen molar-refractivity contribution < 1.29 is 13.6 Å². The maximum Gasteiger partial charge on any atom is 0.190 e. The predicted octanol–water partition coefficient (Wildman–Crippen LogP) is 2.06. The molecule has 0 saturated heterocycles. The zero-order chi connectivity index (χ0) is 13.3. The minimum Gasteiger partial charge on any atom is -0.292 e. The van der Waals surface area contributed by atoms with Gasteiger partial charge < -0.3 is 0 Å². The highest BCUT2D eigenvalue weighted by Gasteiger charge is 2.18. The van der Waals surface area contributed by atoms with Crippen LogP contribution in [0.1, 0.15) is 22.0 Å². The number of benzene rings is 1. The van der Waals surface area contributed by atoms with Crippen molar-refractivity contribution in [3.63, 3.8) is 0 Å². The average Bonchev–Trinajstić information content (AvgIpc) is 2.57. The van der Waals surface area contributed by atoms with E-state index in [2.05, 4.69) is 10.1 Å². The van der Waals surface area contributed by atoms with E-state index in [4.69, 9.17) is 0 Å². The number of carbonyl (C=O) groups is 1. The highest BCUT2D eigenvalue weighted by Crippen LogP contribution is 2.13. The van der Waals surface area contributed by atoms with Crippen molar-refractivity contribution >= 4 is 5.78 Å². The molecule has 0 aliphatic rings. The van der Waals surface area contributed by atoms with Crippen LogP contribution < -0.4 is 0 Å². The summed E-state index contributed by atoms with van der Waals surface area (Å²) in [5.41, 5.74) is -0.537. The number of aryl methyl sites for hydroxylation is 2. The van der Waals surface area contributed by atoms with Gasteiger partial charge in [-0.15, -0.1) is 0 Å². The van der Waals surface area contributed by atoms with Crippen LogP contribution in [-0.4, -0.2) is 20.5 Å². The van der Waals surface area contributed by atoms with Gasteiger partial charge in [-0.3, -0.25) is 4.79 Å². The first kappa shape index (κ1) is 12.3. The summed E-state index contributed by atoms with van der Waals surface area (Å²) in [6, 6.07) is 3.32. The summed E-state index contributed by atoms with van der Waals surface area (Å²) in [5.74, 6) is -1.37. The Bertz CT molecular complexity index is 587. The van der Waals surface area contributed by atoms with Gasteiger partial charge in [0.25, 0.3) is 0 Å². The van der Waals surface area contributed by atoms with E-state index in [1.165, 1.54) is 10.7 Å². The number of rotatable bonds is 3. The van der Waals surface area contributed by atoms with E-state index in [1.54, 1.807) is 13.8 Å². The fourth-order valence-corrected chi connectivity index (χ4v) is 1.69. The molecule has 0 saturated carbocycles. The van der Waals surface area contributed by atoms with Crippen molar-refractivity contribution in [1.82, 2.24) is 14.8 Å². The van der Waals surface area contributed by atoms with Crippen LogP contribution in [0, 0.1) is 25.5 Å². The van der Waals surface area contributed by atoms with Gasteiger partial charge in [0, 0.05) is 0 Å². The lowest BCUT2D eigenvalue weighted by molar-refractivity contribution is 0.0958. The van der Waals surface area contributed by atoms with E-state index >= 15 is 0 Å². The van der Waals surface area contributed by atoms with Crippen LogP contribution in [0.5, 0.6) is 0 Å². The minimum absolute atomic E-state index is 0.232. The summed E-state index contributed by atoms with van der Waals surface area (Å²) in [4.78, 5) is 15.9. The van der Waals surface area contributed by atoms with Crippen LogP contribution in [0.15, 0.2) is 18.2 Å². The molecule has 0 radical (unpaired) electrons. The number of hydrogen-bond donors (Lipinski definition) is 0. The second-order valence-corrected chi connectivity index (χ2v) is 3.88. The van der Waals surface area contributed by atoms with Crippen molar-refractivity contribution in [1.29, 1.82) is 0 Å². The van der Waals surface area contributed by atoms with Crippen LogP contribution in [0.2, 0.25) is 0 Å². The molecule has 2 aromatic rings. The Balaban J connectivity index is 2.30. The number of hydrogen-bond acceptors (Lipinski definition) is 3. The van der Waals surface area contributed by atoms with E-state index in [9.17, 15) is 13.6 Å². The standard InChI is InChI=1S/C12H11F2N3O/c1-7-15-8(2)17(16-7)6-11(18)12-9(13)4-3-5-10(12)14/h3-5H,6H2,1-2H3. The molecule has 18 heavy (non-hydrogen) atoms. The molecule has 0 N–H and O–H groups in total. The zero-order valence-corrected chi connectivity index (χ0v) is 9.94. The first-order chi connectivity index (χ1) is 8.49. The molecule has 4 nitrogen and oxygen atoms in total.